The molecule has 0 aliphatic heterocycles. The molecule has 0 bridgehead atoms. The van der Waals surface area contributed by atoms with Gasteiger partial charge in [-0.2, -0.15) is 0 Å². The van der Waals surface area contributed by atoms with Crippen molar-refractivity contribution in [2.24, 2.45) is 0 Å². The summed E-state index contributed by atoms with van der Waals surface area (Å²) in [6.07, 6.45) is 1.15. The summed E-state index contributed by atoms with van der Waals surface area (Å²) < 4.78 is 0. The van der Waals surface area contributed by atoms with Gasteiger partial charge >= 0.3 is 0 Å². The fourth-order valence-corrected chi connectivity index (χ4v) is 9.46. The highest BCUT2D eigenvalue weighted by molar-refractivity contribution is 7.83. The van der Waals surface area contributed by atoms with Gasteiger partial charge in [0, 0.05) is 0 Å². The van der Waals surface area contributed by atoms with E-state index >= 15 is 0 Å². The van der Waals surface area contributed by atoms with Crippen LogP contribution in [0.15, 0.2) is 103 Å². The molecule has 0 nitrogen and oxygen atoms in total. The molecule has 4 rings (SSSR count). The van der Waals surface area contributed by atoms with Crippen LogP contribution in [0, 0.1) is 13.8 Å². The van der Waals surface area contributed by atoms with Gasteiger partial charge in [-0.05, 0) is 67.9 Å². The van der Waals surface area contributed by atoms with Crippen molar-refractivity contribution in [2.45, 2.75) is 20.8 Å². The summed E-state index contributed by atoms with van der Waals surface area (Å²) in [7, 11) is -1.01. The van der Waals surface area contributed by atoms with E-state index in [2.05, 4.69) is 124 Å². The molecule has 30 heavy (non-hydrogen) atoms. The Kier molecular flexibility index (Phi) is 6.79. The largest absolute Gasteiger partial charge is 0.0622 e. The Bertz CT molecular complexity index is 1060. The molecule has 0 heterocycles. The second-order valence-corrected chi connectivity index (χ2v) is 12.2. The van der Waals surface area contributed by atoms with Gasteiger partial charge < -0.3 is 0 Å². The third-order valence-corrected chi connectivity index (χ3v) is 10.7. The zero-order valence-electron chi connectivity index (χ0n) is 17.9. The second kappa shape index (κ2) is 9.70. The Hall–Kier alpha value is -2.26. The lowest BCUT2D eigenvalue weighted by atomic mass is 10.2. The molecule has 0 amide bonds. The van der Waals surface area contributed by atoms with E-state index in [-0.39, 0.29) is 0 Å². The number of hydrogen-bond acceptors (Lipinski definition) is 0. The Balaban J connectivity index is 1.95. The smallest absolute Gasteiger partial charge is 0.00416 e. The van der Waals surface area contributed by atoms with Crippen LogP contribution < -0.4 is 26.5 Å². The first-order valence-electron chi connectivity index (χ1n) is 10.5. The SMILES string of the molecule is CCP(c1cccc(C)c1)c1cccc(C)c1P(c1ccccc1)c1ccccc1. The van der Waals surface area contributed by atoms with Crippen LogP contribution in [-0.4, -0.2) is 6.16 Å². The number of rotatable bonds is 6. The van der Waals surface area contributed by atoms with E-state index in [9.17, 15) is 0 Å². The normalized spacial score (nSPS) is 12.1. The molecule has 1 atom stereocenters. The minimum atomic E-state index is -0.608. The molecule has 0 spiro atoms. The maximum absolute atomic E-state index is 2.39. The molecular formula is C28H28P2. The van der Waals surface area contributed by atoms with E-state index in [1.54, 1.807) is 5.30 Å². The molecule has 1 unspecified atom stereocenters. The van der Waals surface area contributed by atoms with Gasteiger partial charge in [-0.15, -0.1) is 0 Å². The van der Waals surface area contributed by atoms with Crippen molar-refractivity contribution in [1.29, 1.82) is 0 Å². The van der Waals surface area contributed by atoms with Gasteiger partial charge in [-0.3, -0.25) is 0 Å². The third-order valence-electron chi connectivity index (χ3n) is 5.39. The van der Waals surface area contributed by atoms with Crippen molar-refractivity contribution in [3.8, 4) is 0 Å². The van der Waals surface area contributed by atoms with E-state index in [0.29, 0.717) is 0 Å². The summed E-state index contributed by atoms with van der Waals surface area (Å²) in [6, 6.07) is 38.2. The molecule has 0 aromatic heterocycles. The zero-order chi connectivity index (χ0) is 20.9. The van der Waals surface area contributed by atoms with E-state index in [1.165, 1.54) is 32.3 Å². The predicted octanol–water partition coefficient (Wildman–Crippen LogP) is 5.51. The van der Waals surface area contributed by atoms with Gasteiger partial charge in [0.05, 0.1) is 0 Å². The van der Waals surface area contributed by atoms with Crippen LogP contribution in [0.5, 0.6) is 0 Å². The van der Waals surface area contributed by atoms with Crippen LogP contribution in [0.2, 0.25) is 0 Å². The average molecular weight is 426 g/mol. The molecule has 150 valence electrons. The summed E-state index contributed by atoms with van der Waals surface area (Å²) in [5.41, 5.74) is 2.75. The molecule has 0 N–H and O–H groups in total. The molecular weight excluding hydrogens is 398 g/mol. The summed E-state index contributed by atoms with van der Waals surface area (Å²) in [5, 5.41) is 7.40. The molecule has 0 aliphatic carbocycles. The summed E-state index contributed by atoms with van der Waals surface area (Å²) >= 11 is 0. The highest BCUT2D eigenvalue weighted by Gasteiger charge is 2.25. The number of hydrogen-bond donors (Lipinski definition) is 0. The number of benzene rings is 4. The molecule has 0 saturated carbocycles. The van der Waals surface area contributed by atoms with Crippen LogP contribution in [0.3, 0.4) is 0 Å². The maximum atomic E-state index is 2.39. The molecule has 0 aliphatic rings. The first-order chi connectivity index (χ1) is 14.7. The predicted molar refractivity (Wildman–Crippen MR) is 138 cm³/mol. The third kappa shape index (κ3) is 4.41. The number of aryl methyl sites for hydroxylation is 2. The van der Waals surface area contributed by atoms with Crippen LogP contribution in [0.1, 0.15) is 18.1 Å². The summed E-state index contributed by atoms with van der Waals surface area (Å²) in [5.74, 6) is 0. The Morgan fingerprint density at radius 1 is 0.600 bits per heavy atom. The van der Waals surface area contributed by atoms with Crippen LogP contribution in [-0.2, 0) is 0 Å². The van der Waals surface area contributed by atoms with E-state index in [4.69, 9.17) is 0 Å². The fourth-order valence-electron chi connectivity index (χ4n) is 4.00. The Morgan fingerprint density at radius 3 is 1.73 bits per heavy atom. The Labute approximate surface area is 183 Å². The fraction of sp³-hybridized carbons (Fsp3) is 0.143. The summed E-state index contributed by atoms with van der Waals surface area (Å²) in [6.45, 7) is 6.83. The minimum Gasteiger partial charge on any atom is -0.0622 e. The van der Waals surface area contributed by atoms with Crippen molar-refractivity contribution in [3.63, 3.8) is 0 Å². The van der Waals surface area contributed by atoms with Crippen molar-refractivity contribution < 1.29 is 0 Å². The van der Waals surface area contributed by atoms with Gasteiger partial charge in [0.25, 0.3) is 0 Å². The highest BCUT2D eigenvalue weighted by Crippen LogP contribution is 2.40. The van der Waals surface area contributed by atoms with Crippen molar-refractivity contribution in [1.82, 2.24) is 0 Å². The van der Waals surface area contributed by atoms with Crippen molar-refractivity contribution in [3.05, 3.63) is 114 Å². The molecule has 4 aromatic carbocycles. The Morgan fingerprint density at radius 2 is 1.17 bits per heavy atom. The first-order valence-corrected chi connectivity index (χ1v) is 13.4. The topological polar surface area (TPSA) is 0 Å². The second-order valence-electron chi connectivity index (χ2n) is 7.53. The minimum absolute atomic E-state index is 0.399. The van der Waals surface area contributed by atoms with Gasteiger partial charge in [0.1, 0.15) is 0 Å². The summed E-state index contributed by atoms with van der Waals surface area (Å²) in [4.78, 5) is 0. The lowest BCUT2D eigenvalue weighted by Crippen LogP contribution is -2.34. The van der Waals surface area contributed by atoms with Crippen LogP contribution >= 0.6 is 15.8 Å². The molecule has 2 heteroatoms. The monoisotopic (exact) mass is 426 g/mol. The molecule has 0 saturated heterocycles. The average Bonchev–Trinajstić information content (AvgIpc) is 2.78. The zero-order valence-corrected chi connectivity index (χ0v) is 19.7. The van der Waals surface area contributed by atoms with Crippen molar-refractivity contribution in [2.75, 3.05) is 6.16 Å². The molecule has 0 radical (unpaired) electrons. The molecule has 4 aromatic rings. The van der Waals surface area contributed by atoms with Crippen LogP contribution in [0.4, 0.5) is 0 Å². The molecule has 0 fully saturated rings. The quantitative estimate of drug-likeness (QED) is 0.357. The van der Waals surface area contributed by atoms with E-state index in [1.807, 2.05) is 0 Å². The first kappa shape index (κ1) is 21.0. The van der Waals surface area contributed by atoms with E-state index in [0.717, 1.165) is 6.16 Å². The lowest BCUT2D eigenvalue weighted by Gasteiger charge is -2.28. The van der Waals surface area contributed by atoms with Gasteiger partial charge in [-0.1, -0.05) is 116 Å². The highest BCUT2D eigenvalue weighted by atomic mass is 31.1. The maximum Gasteiger partial charge on any atom is -0.00416 e. The van der Waals surface area contributed by atoms with Gasteiger partial charge in [-0.25, -0.2) is 0 Å². The standard InChI is InChI=1S/C28H28P2/c1-4-29(26-19-11-13-22(2)21-26)27-20-12-14-23(3)28(27)30(24-15-7-5-8-16-24)25-17-9-6-10-18-25/h5-21H,4H2,1-3H3. The lowest BCUT2D eigenvalue weighted by molar-refractivity contribution is 1.47. The van der Waals surface area contributed by atoms with E-state index < -0.39 is 15.8 Å². The van der Waals surface area contributed by atoms with Gasteiger partial charge in [0.15, 0.2) is 0 Å². The van der Waals surface area contributed by atoms with Crippen LogP contribution in [0.25, 0.3) is 0 Å². The van der Waals surface area contributed by atoms with Gasteiger partial charge in [0.2, 0.25) is 0 Å². The van der Waals surface area contributed by atoms with Crippen molar-refractivity contribution >= 4 is 42.4 Å².